The van der Waals surface area contributed by atoms with E-state index in [9.17, 15) is 5.11 Å². The van der Waals surface area contributed by atoms with E-state index < -0.39 is 6.10 Å². The highest BCUT2D eigenvalue weighted by molar-refractivity contribution is 5.30. The van der Waals surface area contributed by atoms with Crippen LogP contribution < -0.4 is 0 Å². The maximum atomic E-state index is 11.2. The van der Waals surface area contributed by atoms with Gasteiger partial charge in [-0.15, -0.1) is 0 Å². The molecular formula is C18H24N2O. The molecule has 3 nitrogen and oxygen atoms in total. The average Bonchev–Trinajstić information content (AvgIpc) is 3.04. The van der Waals surface area contributed by atoms with Crippen molar-refractivity contribution in [3.8, 4) is 0 Å². The monoisotopic (exact) mass is 284 g/mol. The second kappa shape index (κ2) is 6.02. The fourth-order valence-electron chi connectivity index (χ4n) is 3.80. The molecule has 21 heavy (non-hydrogen) atoms. The Hall–Kier alpha value is -1.61. The molecule has 1 saturated carbocycles. The molecule has 0 spiro atoms. The highest BCUT2D eigenvalue weighted by Gasteiger charge is 2.42. The first kappa shape index (κ1) is 14.3. The minimum Gasteiger partial charge on any atom is -0.386 e. The Bertz CT molecular complexity index is 570. The van der Waals surface area contributed by atoms with Gasteiger partial charge in [0.1, 0.15) is 6.10 Å². The highest BCUT2D eigenvalue weighted by atomic mass is 16.3. The van der Waals surface area contributed by atoms with Crippen molar-refractivity contribution in [2.45, 2.75) is 57.1 Å². The summed E-state index contributed by atoms with van der Waals surface area (Å²) in [5, 5.41) is 15.5. The first-order valence-electron chi connectivity index (χ1n) is 8.03. The van der Waals surface area contributed by atoms with Gasteiger partial charge >= 0.3 is 0 Å². The molecule has 2 aromatic rings. The topological polar surface area (TPSA) is 38.0 Å². The van der Waals surface area contributed by atoms with E-state index >= 15 is 0 Å². The number of benzene rings is 1. The molecule has 1 aromatic carbocycles. The van der Waals surface area contributed by atoms with Crippen molar-refractivity contribution >= 4 is 0 Å². The van der Waals surface area contributed by atoms with Gasteiger partial charge in [-0.1, -0.05) is 49.6 Å². The summed E-state index contributed by atoms with van der Waals surface area (Å²) in [7, 11) is 0. The van der Waals surface area contributed by atoms with E-state index in [2.05, 4.69) is 36.3 Å². The Morgan fingerprint density at radius 2 is 1.86 bits per heavy atom. The Morgan fingerprint density at radius 1 is 1.14 bits per heavy atom. The molecule has 0 amide bonds. The lowest BCUT2D eigenvalue weighted by Gasteiger charge is -2.41. The number of aromatic nitrogens is 2. The number of aliphatic hydroxyl groups excluding tert-OH is 1. The summed E-state index contributed by atoms with van der Waals surface area (Å²) < 4.78 is 1.92. The van der Waals surface area contributed by atoms with Crippen LogP contribution in [-0.4, -0.2) is 14.9 Å². The number of hydrogen-bond donors (Lipinski definition) is 1. The third-order valence-corrected chi connectivity index (χ3v) is 4.95. The van der Waals surface area contributed by atoms with Crippen molar-refractivity contribution in [3.63, 3.8) is 0 Å². The van der Waals surface area contributed by atoms with Crippen LogP contribution in [0.2, 0.25) is 0 Å². The number of nitrogens with zero attached hydrogens (tertiary/aromatic N) is 2. The summed E-state index contributed by atoms with van der Waals surface area (Å²) >= 11 is 0. The van der Waals surface area contributed by atoms with E-state index in [-0.39, 0.29) is 5.41 Å². The van der Waals surface area contributed by atoms with Gasteiger partial charge in [0.2, 0.25) is 0 Å². The number of aryl methyl sites for hydroxylation is 1. The van der Waals surface area contributed by atoms with Crippen LogP contribution in [0.3, 0.4) is 0 Å². The largest absolute Gasteiger partial charge is 0.386 e. The molecule has 1 N–H and O–H groups in total. The van der Waals surface area contributed by atoms with Crippen molar-refractivity contribution in [1.82, 2.24) is 9.78 Å². The summed E-state index contributed by atoms with van der Waals surface area (Å²) in [6.07, 6.45) is 7.05. The molecule has 1 aliphatic carbocycles. The maximum Gasteiger partial charge on any atom is 0.105 e. The van der Waals surface area contributed by atoms with Crippen molar-refractivity contribution in [3.05, 3.63) is 53.9 Å². The zero-order chi connectivity index (χ0) is 14.7. The lowest BCUT2D eigenvalue weighted by molar-refractivity contribution is 0.0458. The normalized spacial score (nSPS) is 19.3. The summed E-state index contributed by atoms with van der Waals surface area (Å²) in [6, 6.07) is 12.5. The van der Waals surface area contributed by atoms with Crippen LogP contribution in [-0.2, 0) is 12.0 Å². The summed E-state index contributed by atoms with van der Waals surface area (Å²) in [5.41, 5.74) is 2.05. The van der Waals surface area contributed by atoms with Crippen LogP contribution in [0, 0.1) is 0 Å². The molecule has 3 heteroatoms. The third-order valence-electron chi connectivity index (χ3n) is 4.95. The van der Waals surface area contributed by atoms with E-state index in [1.54, 1.807) is 6.20 Å². The molecule has 0 radical (unpaired) electrons. The second-order valence-corrected chi connectivity index (χ2v) is 6.06. The second-order valence-electron chi connectivity index (χ2n) is 6.06. The highest BCUT2D eigenvalue weighted by Crippen LogP contribution is 2.48. The molecule has 0 bridgehead atoms. The fourth-order valence-corrected chi connectivity index (χ4v) is 3.80. The predicted octanol–water partition coefficient (Wildman–Crippen LogP) is 3.84. The molecular weight excluding hydrogens is 260 g/mol. The van der Waals surface area contributed by atoms with Crippen molar-refractivity contribution in [1.29, 1.82) is 0 Å². The zero-order valence-corrected chi connectivity index (χ0v) is 12.7. The van der Waals surface area contributed by atoms with Crippen LogP contribution in [0.15, 0.2) is 42.6 Å². The van der Waals surface area contributed by atoms with Crippen molar-refractivity contribution in [2.24, 2.45) is 0 Å². The van der Waals surface area contributed by atoms with E-state index in [0.29, 0.717) is 0 Å². The van der Waals surface area contributed by atoms with Gasteiger partial charge < -0.3 is 5.11 Å². The van der Waals surface area contributed by atoms with Gasteiger partial charge in [-0.05, 0) is 31.4 Å². The summed E-state index contributed by atoms with van der Waals surface area (Å²) in [5.74, 6) is 0. The molecule has 112 valence electrons. The predicted molar refractivity (Wildman–Crippen MR) is 84.1 cm³/mol. The van der Waals surface area contributed by atoms with Crippen LogP contribution in [0.5, 0.6) is 0 Å². The SMILES string of the molecule is CCn1nccc1C(O)C1(c2ccccc2)CCCCC1. The average molecular weight is 284 g/mol. The minimum absolute atomic E-state index is 0.160. The van der Waals surface area contributed by atoms with Gasteiger partial charge in [0.05, 0.1) is 5.69 Å². The first-order chi connectivity index (χ1) is 10.3. The van der Waals surface area contributed by atoms with Gasteiger partial charge in [-0.2, -0.15) is 5.10 Å². The van der Waals surface area contributed by atoms with Gasteiger partial charge in [-0.3, -0.25) is 4.68 Å². The lowest BCUT2D eigenvalue weighted by Crippen LogP contribution is -2.37. The lowest BCUT2D eigenvalue weighted by atomic mass is 9.65. The zero-order valence-electron chi connectivity index (χ0n) is 12.7. The summed E-state index contributed by atoms with van der Waals surface area (Å²) in [6.45, 7) is 2.86. The van der Waals surface area contributed by atoms with Crippen LogP contribution in [0.25, 0.3) is 0 Å². The Balaban J connectivity index is 2.03. The molecule has 0 aliphatic heterocycles. The first-order valence-corrected chi connectivity index (χ1v) is 8.03. The van der Waals surface area contributed by atoms with E-state index in [1.807, 2.05) is 16.8 Å². The smallest absolute Gasteiger partial charge is 0.105 e. The Kier molecular flexibility index (Phi) is 4.11. The molecule has 1 fully saturated rings. The van der Waals surface area contributed by atoms with Crippen LogP contribution in [0.4, 0.5) is 0 Å². The quantitative estimate of drug-likeness (QED) is 0.926. The van der Waals surface area contributed by atoms with Crippen molar-refractivity contribution < 1.29 is 5.11 Å². The molecule has 1 heterocycles. The van der Waals surface area contributed by atoms with Crippen LogP contribution >= 0.6 is 0 Å². The van der Waals surface area contributed by atoms with E-state index in [4.69, 9.17) is 0 Å². The molecule has 0 saturated heterocycles. The van der Waals surface area contributed by atoms with Gasteiger partial charge in [-0.25, -0.2) is 0 Å². The maximum absolute atomic E-state index is 11.2. The fraction of sp³-hybridized carbons (Fsp3) is 0.500. The minimum atomic E-state index is -0.484. The van der Waals surface area contributed by atoms with Crippen molar-refractivity contribution in [2.75, 3.05) is 0 Å². The number of aliphatic hydroxyl groups is 1. The standard InChI is InChI=1S/C18H24N2O/c1-2-20-16(11-14-19-20)17(21)18(12-7-4-8-13-18)15-9-5-3-6-10-15/h3,5-6,9-11,14,17,21H,2,4,7-8,12-13H2,1H3. The molecule has 1 aromatic heterocycles. The van der Waals surface area contributed by atoms with Gasteiger partial charge in [0, 0.05) is 18.2 Å². The van der Waals surface area contributed by atoms with Gasteiger partial charge in [0.25, 0.3) is 0 Å². The van der Waals surface area contributed by atoms with Crippen LogP contribution in [0.1, 0.15) is 56.4 Å². The molecule has 1 aliphatic rings. The molecule has 3 rings (SSSR count). The van der Waals surface area contributed by atoms with E-state index in [0.717, 1.165) is 25.1 Å². The third kappa shape index (κ3) is 2.51. The Morgan fingerprint density at radius 3 is 2.52 bits per heavy atom. The Labute approximate surface area is 126 Å². The number of hydrogen-bond acceptors (Lipinski definition) is 2. The molecule has 1 atom stereocenters. The summed E-state index contributed by atoms with van der Waals surface area (Å²) in [4.78, 5) is 0. The number of rotatable bonds is 4. The van der Waals surface area contributed by atoms with E-state index in [1.165, 1.54) is 24.8 Å². The molecule has 1 unspecified atom stereocenters. The van der Waals surface area contributed by atoms with Gasteiger partial charge in [0.15, 0.2) is 0 Å².